The molecular weight excluding hydrogens is 957 g/mol. The van der Waals surface area contributed by atoms with Crippen molar-refractivity contribution in [2.24, 2.45) is 5.73 Å². The second-order valence-electron chi connectivity index (χ2n) is 19.6. The molecule has 2 atom stereocenters. The number of nitrogens with two attached hydrogens (primary N) is 1. The molecule has 10 rings (SSSR count). The number of carbonyl (C=O) groups excluding carboxylic acids is 2. The lowest BCUT2D eigenvalue weighted by atomic mass is 9.88. The first-order valence-corrected chi connectivity index (χ1v) is 25.7. The van der Waals surface area contributed by atoms with Crippen molar-refractivity contribution in [3.05, 3.63) is 228 Å². The number of nitrogens with zero attached hydrogens (tertiary/aromatic N) is 3. The first-order chi connectivity index (χ1) is 34.8. The summed E-state index contributed by atoms with van der Waals surface area (Å²) in [4.78, 5) is 36.6. The molecule has 0 aromatic heterocycles. The third kappa shape index (κ3) is 10.6. The maximum absolute atomic E-state index is 15.8. The van der Waals surface area contributed by atoms with E-state index in [4.69, 9.17) is 45.3 Å². The number of nitrogens with one attached hydrogen (secondary N) is 1. The summed E-state index contributed by atoms with van der Waals surface area (Å²) in [5.41, 5.74) is 18.7. The minimum Gasteiger partial charge on any atom is -0.496 e. The Morgan fingerprint density at radius 2 is 1.19 bits per heavy atom. The average molecular weight is 1020 g/mol. The van der Waals surface area contributed by atoms with E-state index in [0.29, 0.717) is 79.2 Å². The number of fused-ring (bicyclic) bond motifs is 3. The third-order valence-electron chi connectivity index (χ3n) is 14.8. The smallest absolute Gasteiger partial charge is 0.258 e. The summed E-state index contributed by atoms with van der Waals surface area (Å²) in [7, 11) is 1.67. The van der Waals surface area contributed by atoms with Crippen LogP contribution in [0.2, 0.25) is 15.1 Å². The number of methoxy groups -OCH3 is 1. The number of amides is 2. The van der Waals surface area contributed by atoms with Crippen molar-refractivity contribution in [3.63, 3.8) is 0 Å². The largest absolute Gasteiger partial charge is 0.496 e. The third-order valence-corrected chi connectivity index (χ3v) is 15.7. The van der Waals surface area contributed by atoms with Gasteiger partial charge in [0, 0.05) is 67.2 Å². The van der Waals surface area contributed by atoms with E-state index >= 15 is 4.79 Å². The zero-order valence-corrected chi connectivity index (χ0v) is 42.9. The Balaban J connectivity index is 1.06. The molecule has 0 bridgehead atoms. The van der Waals surface area contributed by atoms with Gasteiger partial charge in [0.1, 0.15) is 5.75 Å². The lowest BCUT2D eigenvalue weighted by Crippen LogP contribution is -2.74. The van der Waals surface area contributed by atoms with E-state index in [2.05, 4.69) is 83.0 Å². The molecule has 0 saturated carbocycles. The lowest BCUT2D eigenvalue weighted by Gasteiger charge is -2.49. The standard InChI is InChI=1S/C61H58Cl3N5O3/c1-41-30-45(23-25-57(41)72-2)46-20-21-47(55(63)32-46)34-61(65,59(71)68-37-50-14-8-9-15-51(50)38-68)66-60(28-26-44-22-24-54(62)33-56(44)64,29-27-58(70)67-35-48-12-6-7-13-49(48)36-67)69-39-52-19-18-43(31-53(52)40-69)17-16-42-10-4-3-5-11-42/h3-25,30-33,66H,26-29,34-40,65H2,1-2H3/b17-16+/t60?,61-/m1/s1. The molecule has 0 aliphatic carbocycles. The number of halogens is 3. The van der Waals surface area contributed by atoms with Gasteiger partial charge in [0.2, 0.25) is 5.91 Å². The number of carbonyl (C=O) groups is 2. The Hall–Kier alpha value is -6.23. The predicted molar refractivity (Wildman–Crippen MR) is 291 cm³/mol. The monoisotopic (exact) mass is 1010 g/mol. The Labute approximate surface area is 438 Å². The van der Waals surface area contributed by atoms with Gasteiger partial charge >= 0.3 is 0 Å². The van der Waals surface area contributed by atoms with Crippen LogP contribution in [0.1, 0.15) is 80.5 Å². The van der Waals surface area contributed by atoms with Crippen LogP contribution in [0.15, 0.2) is 152 Å². The topological polar surface area (TPSA) is 91.1 Å². The molecule has 0 fully saturated rings. The Morgan fingerprint density at radius 1 is 0.611 bits per heavy atom. The summed E-state index contributed by atoms with van der Waals surface area (Å²) < 4.78 is 5.54. The van der Waals surface area contributed by atoms with Crippen LogP contribution in [0, 0.1) is 6.92 Å². The van der Waals surface area contributed by atoms with Gasteiger partial charge in [-0.25, -0.2) is 0 Å². The van der Waals surface area contributed by atoms with Gasteiger partial charge < -0.3 is 20.3 Å². The molecule has 11 heteroatoms. The predicted octanol–water partition coefficient (Wildman–Crippen LogP) is 12.8. The number of benzene rings is 7. The highest BCUT2D eigenvalue weighted by atomic mass is 35.5. The number of ether oxygens (including phenoxy) is 1. The summed E-state index contributed by atoms with van der Waals surface area (Å²) in [5, 5.41) is 5.56. The van der Waals surface area contributed by atoms with Gasteiger partial charge in [0.05, 0.1) is 12.8 Å². The van der Waals surface area contributed by atoms with E-state index in [1.54, 1.807) is 13.2 Å². The van der Waals surface area contributed by atoms with Crippen LogP contribution in [0.4, 0.5) is 0 Å². The normalized spacial score (nSPS) is 15.8. The molecule has 3 aliphatic heterocycles. The number of aryl methyl sites for hydroxylation is 2. The molecule has 72 heavy (non-hydrogen) atoms. The van der Waals surface area contributed by atoms with E-state index in [9.17, 15) is 4.79 Å². The molecule has 8 nitrogen and oxygen atoms in total. The first-order valence-electron chi connectivity index (χ1n) is 24.6. The molecule has 0 radical (unpaired) electrons. The fourth-order valence-corrected chi connectivity index (χ4v) is 11.6. The van der Waals surface area contributed by atoms with Crippen LogP contribution < -0.4 is 15.8 Å². The lowest BCUT2D eigenvalue weighted by molar-refractivity contribution is -0.142. The fourth-order valence-electron chi connectivity index (χ4n) is 10.8. The van der Waals surface area contributed by atoms with Crippen molar-refractivity contribution in [1.82, 2.24) is 20.0 Å². The van der Waals surface area contributed by atoms with E-state index in [0.717, 1.165) is 61.4 Å². The van der Waals surface area contributed by atoms with Gasteiger partial charge in [-0.2, -0.15) is 0 Å². The summed E-state index contributed by atoms with van der Waals surface area (Å²) >= 11 is 20.7. The average Bonchev–Trinajstić information content (AvgIpc) is 4.15. The molecule has 1 unspecified atom stereocenters. The Morgan fingerprint density at radius 3 is 1.85 bits per heavy atom. The highest BCUT2D eigenvalue weighted by Gasteiger charge is 2.49. The summed E-state index contributed by atoms with van der Waals surface area (Å²) in [6.45, 7) is 5.03. The molecule has 7 aromatic carbocycles. The highest BCUT2D eigenvalue weighted by molar-refractivity contribution is 6.35. The Kier molecular flexibility index (Phi) is 14.5. The zero-order chi connectivity index (χ0) is 50.0. The van der Waals surface area contributed by atoms with Crippen LogP contribution in [0.25, 0.3) is 23.3 Å². The minimum absolute atomic E-state index is 0.0308. The second-order valence-corrected chi connectivity index (χ2v) is 20.9. The van der Waals surface area contributed by atoms with Gasteiger partial charge in [0.25, 0.3) is 5.91 Å². The molecule has 3 heterocycles. The molecular formula is C61H58Cl3N5O3. The Bertz CT molecular complexity index is 3150. The molecule has 7 aromatic rings. The van der Waals surface area contributed by atoms with Crippen molar-refractivity contribution in [3.8, 4) is 16.9 Å². The summed E-state index contributed by atoms with van der Waals surface area (Å²) in [5.74, 6) is 0.576. The minimum atomic E-state index is -1.72. The summed E-state index contributed by atoms with van der Waals surface area (Å²) in [6.07, 6.45) is 5.82. The van der Waals surface area contributed by atoms with Crippen molar-refractivity contribution in [1.29, 1.82) is 0 Å². The van der Waals surface area contributed by atoms with E-state index in [-0.39, 0.29) is 24.7 Å². The van der Waals surface area contributed by atoms with Gasteiger partial charge in [-0.05, 0) is 129 Å². The number of hydrogen-bond donors (Lipinski definition) is 2. The number of hydrogen-bond acceptors (Lipinski definition) is 6. The molecule has 366 valence electrons. The van der Waals surface area contributed by atoms with E-state index in [1.165, 1.54) is 11.1 Å². The van der Waals surface area contributed by atoms with Gasteiger partial charge in [0.15, 0.2) is 5.66 Å². The van der Waals surface area contributed by atoms with Crippen LogP contribution in [-0.2, 0) is 61.7 Å². The first kappa shape index (κ1) is 49.4. The molecule has 0 saturated heterocycles. The number of rotatable bonds is 16. The van der Waals surface area contributed by atoms with Gasteiger partial charge in [-0.3, -0.25) is 19.8 Å². The van der Waals surface area contributed by atoms with Crippen molar-refractivity contribution in [2.45, 2.75) is 89.6 Å². The second kappa shape index (κ2) is 21.1. The van der Waals surface area contributed by atoms with Crippen molar-refractivity contribution >= 4 is 58.8 Å². The molecule has 3 aliphatic rings. The van der Waals surface area contributed by atoms with Crippen LogP contribution in [0.3, 0.4) is 0 Å². The zero-order valence-electron chi connectivity index (χ0n) is 40.6. The van der Waals surface area contributed by atoms with Crippen LogP contribution >= 0.6 is 34.8 Å². The SMILES string of the molecule is COc1ccc(-c2ccc(C[C@@](N)(NC(CCC(=O)N3Cc4ccccc4C3)(CCc3ccc(Cl)cc3Cl)N3Cc4ccc(/C=C/c5ccccc5)cc4C3)C(=O)N3Cc4ccccc4C3)c(Cl)c2)cc1C. The van der Waals surface area contributed by atoms with Crippen molar-refractivity contribution < 1.29 is 14.3 Å². The van der Waals surface area contributed by atoms with E-state index in [1.807, 2.05) is 102 Å². The van der Waals surface area contributed by atoms with Gasteiger partial charge in [-0.15, -0.1) is 0 Å². The quantitative estimate of drug-likeness (QED) is 0.0740. The molecule has 3 N–H and O–H groups in total. The fraction of sp³-hybridized carbons (Fsp3) is 0.246. The maximum atomic E-state index is 15.8. The maximum Gasteiger partial charge on any atom is 0.258 e. The van der Waals surface area contributed by atoms with Crippen LogP contribution in [0.5, 0.6) is 5.75 Å². The molecule has 2 amide bonds. The van der Waals surface area contributed by atoms with Crippen molar-refractivity contribution in [2.75, 3.05) is 7.11 Å². The highest BCUT2D eigenvalue weighted by Crippen LogP contribution is 2.40. The summed E-state index contributed by atoms with van der Waals surface area (Å²) in [6, 6.07) is 50.8. The molecule has 0 spiro atoms. The van der Waals surface area contributed by atoms with Crippen LogP contribution in [-0.4, -0.2) is 44.9 Å². The van der Waals surface area contributed by atoms with Gasteiger partial charge in [-0.1, -0.05) is 168 Å². The van der Waals surface area contributed by atoms with E-state index < -0.39 is 11.3 Å².